The van der Waals surface area contributed by atoms with Gasteiger partial charge in [0.25, 0.3) is 0 Å². The molecule has 98 valence electrons. The molecule has 0 bridgehead atoms. The second kappa shape index (κ2) is 6.55. The zero-order valence-corrected chi connectivity index (χ0v) is 11.6. The minimum absolute atomic E-state index is 0.0600. The third-order valence-electron chi connectivity index (χ3n) is 2.59. The second-order valence-corrected chi connectivity index (χ2v) is 4.87. The Morgan fingerprint density at radius 3 is 2.47 bits per heavy atom. The van der Waals surface area contributed by atoms with E-state index in [-0.39, 0.29) is 12.3 Å². The number of carbonyl (C=O) groups is 1. The summed E-state index contributed by atoms with van der Waals surface area (Å²) in [4.78, 5) is 15.7. The standard InChI is InChI=1S/C14H12Cl2N2O/c15-12-2-1-11(7-13(12)16)8-14(19)18-9-10-3-5-17-6-4-10/h1-7H,8-9H2,(H,18,19). The van der Waals surface area contributed by atoms with Crippen molar-refractivity contribution < 1.29 is 4.79 Å². The molecule has 0 unspecified atom stereocenters. The Balaban J connectivity index is 1.89. The van der Waals surface area contributed by atoms with E-state index >= 15 is 0 Å². The molecule has 1 aromatic carbocycles. The van der Waals surface area contributed by atoms with Crippen molar-refractivity contribution in [3.8, 4) is 0 Å². The highest BCUT2D eigenvalue weighted by molar-refractivity contribution is 6.42. The number of hydrogen-bond donors (Lipinski definition) is 1. The molecule has 2 rings (SSSR count). The first-order chi connectivity index (χ1) is 9.15. The summed E-state index contributed by atoms with van der Waals surface area (Å²) in [6.45, 7) is 0.489. The van der Waals surface area contributed by atoms with Gasteiger partial charge in [0.15, 0.2) is 0 Å². The lowest BCUT2D eigenvalue weighted by atomic mass is 10.1. The molecule has 0 aliphatic carbocycles. The third-order valence-corrected chi connectivity index (χ3v) is 3.33. The van der Waals surface area contributed by atoms with Crippen LogP contribution in [0.25, 0.3) is 0 Å². The van der Waals surface area contributed by atoms with Crippen LogP contribution in [0, 0.1) is 0 Å². The van der Waals surface area contributed by atoms with E-state index in [4.69, 9.17) is 23.2 Å². The fourth-order valence-corrected chi connectivity index (χ4v) is 1.92. The second-order valence-electron chi connectivity index (χ2n) is 4.06. The van der Waals surface area contributed by atoms with Gasteiger partial charge in [-0.15, -0.1) is 0 Å². The van der Waals surface area contributed by atoms with E-state index in [1.807, 2.05) is 12.1 Å². The summed E-state index contributed by atoms with van der Waals surface area (Å²) in [5, 5.41) is 3.79. The Hall–Kier alpha value is -1.58. The zero-order valence-electron chi connectivity index (χ0n) is 10.1. The van der Waals surface area contributed by atoms with Crippen molar-refractivity contribution in [1.82, 2.24) is 10.3 Å². The Bertz CT molecular complexity index is 573. The van der Waals surface area contributed by atoms with E-state index in [1.165, 1.54) is 0 Å². The topological polar surface area (TPSA) is 42.0 Å². The summed E-state index contributed by atoms with van der Waals surface area (Å²) in [6.07, 6.45) is 3.67. The van der Waals surface area contributed by atoms with Gasteiger partial charge in [-0.05, 0) is 35.4 Å². The summed E-state index contributed by atoms with van der Waals surface area (Å²) in [5.74, 6) is -0.0600. The van der Waals surface area contributed by atoms with Crippen LogP contribution in [0.4, 0.5) is 0 Å². The Morgan fingerprint density at radius 2 is 1.79 bits per heavy atom. The van der Waals surface area contributed by atoms with Crippen LogP contribution in [-0.4, -0.2) is 10.9 Å². The predicted molar refractivity (Wildman–Crippen MR) is 76.2 cm³/mol. The van der Waals surface area contributed by atoms with Gasteiger partial charge in [-0.3, -0.25) is 9.78 Å². The Labute approximate surface area is 121 Å². The lowest BCUT2D eigenvalue weighted by Crippen LogP contribution is -2.24. The van der Waals surface area contributed by atoms with Gasteiger partial charge in [-0.25, -0.2) is 0 Å². The number of hydrogen-bond acceptors (Lipinski definition) is 2. The van der Waals surface area contributed by atoms with Gasteiger partial charge in [0, 0.05) is 18.9 Å². The van der Waals surface area contributed by atoms with Crippen molar-refractivity contribution in [3.63, 3.8) is 0 Å². The van der Waals surface area contributed by atoms with Crippen LogP contribution in [0.2, 0.25) is 10.0 Å². The Kier molecular flexibility index (Phi) is 4.77. The molecule has 0 saturated heterocycles. The minimum Gasteiger partial charge on any atom is -0.352 e. The normalized spacial score (nSPS) is 10.2. The van der Waals surface area contributed by atoms with Gasteiger partial charge in [-0.2, -0.15) is 0 Å². The smallest absolute Gasteiger partial charge is 0.224 e. The van der Waals surface area contributed by atoms with E-state index in [9.17, 15) is 4.79 Å². The van der Waals surface area contributed by atoms with Crippen molar-refractivity contribution in [2.45, 2.75) is 13.0 Å². The van der Waals surface area contributed by atoms with Crippen LogP contribution < -0.4 is 5.32 Å². The van der Waals surface area contributed by atoms with Crippen molar-refractivity contribution in [1.29, 1.82) is 0 Å². The van der Waals surface area contributed by atoms with E-state index in [2.05, 4.69) is 10.3 Å². The zero-order chi connectivity index (χ0) is 13.7. The summed E-state index contributed by atoms with van der Waals surface area (Å²) in [6, 6.07) is 8.91. The predicted octanol–water partition coefficient (Wildman–Crippen LogP) is 3.25. The summed E-state index contributed by atoms with van der Waals surface area (Å²) < 4.78 is 0. The fourth-order valence-electron chi connectivity index (χ4n) is 1.60. The van der Waals surface area contributed by atoms with Gasteiger partial charge in [0.05, 0.1) is 16.5 Å². The molecule has 0 aliphatic heterocycles. The highest BCUT2D eigenvalue weighted by atomic mass is 35.5. The number of pyridine rings is 1. The van der Waals surface area contributed by atoms with Crippen LogP contribution in [0.3, 0.4) is 0 Å². The molecule has 0 spiro atoms. The maximum absolute atomic E-state index is 11.8. The molecule has 0 radical (unpaired) electrons. The number of amides is 1. The van der Waals surface area contributed by atoms with Crippen LogP contribution >= 0.6 is 23.2 Å². The first-order valence-electron chi connectivity index (χ1n) is 5.74. The molecule has 5 heteroatoms. The van der Waals surface area contributed by atoms with Crippen LogP contribution in [0.5, 0.6) is 0 Å². The lowest BCUT2D eigenvalue weighted by molar-refractivity contribution is -0.120. The van der Waals surface area contributed by atoms with Gasteiger partial charge in [0.1, 0.15) is 0 Å². The molecule has 0 saturated carbocycles. The quantitative estimate of drug-likeness (QED) is 0.940. The number of carbonyl (C=O) groups excluding carboxylic acids is 1. The SMILES string of the molecule is O=C(Cc1ccc(Cl)c(Cl)c1)NCc1ccncc1. The lowest BCUT2D eigenvalue weighted by Gasteiger charge is -2.06. The first kappa shape index (κ1) is 13.8. The molecule has 1 amide bonds. The monoisotopic (exact) mass is 294 g/mol. The van der Waals surface area contributed by atoms with Crippen LogP contribution in [0.15, 0.2) is 42.7 Å². The molecule has 0 aliphatic rings. The number of halogens is 2. The molecular weight excluding hydrogens is 283 g/mol. The van der Waals surface area contributed by atoms with Crippen molar-refractivity contribution in [2.24, 2.45) is 0 Å². The highest BCUT2D eigenvalue weighted by Gasteiger charge is 2.05. The van der Waals surface area contributed by atoms with Crippen molar-refractivity contribution >= 4 is 29.1 Å². The minimum atomic E-state index is -0.0600. The fraction of sp³-hybridized carbons (Fsp3) is 0.143. The summed E-state index contributed by atoms with van der Waals surface area (Å²) in [5.41, 5.74) is 1.85. The maximum Gasteiger partial charge on any atom is 0.224 e. The van der Waals surface area contributed by atoms with Crippen LogP contribution in [0.1, 0.15) is 11.1 Å². The van der Waals surface area contributed by atoms with Crippen molar-refractivity contribution in [2.75, 3.05) is 0 Å². The summed E-state index contributed by atoms with van der Waals surface area (Å²) in [7, 11) is 0. The molecule has 2 aromatic rings. The number of nitrogens with one attached hydrogen (secondary N) is 1. The van der Waals surface area contributed by atoms with Gasteiger partial charge in [-0.1, -0.05) is 29.3 Å². The van der Waals surface area contributed by atoms with Gasteiger partial charge >= 0.3 is 0 Å². The Morgan fingerprint density at radius 1 is 1.05 bits per heavy atom. The average molecular weight is 295 g/mol. The number of aromatic nitrogens is 1. The number of nitrogens with zero attached hydrogens (tertiary/aromatic N) is 1. The van der Waals surface area contributed by atoms with Gasteiger partial charge in [0.2, 0.25) is 5.91 Å². The van der Waals surface area contributed by atoms with E-state index in [1.54, 1.807) is 30.6 Å². The van der Waals surface area contributed by atoms with E-state index in [0.717, 1.165) is 11.1 Å². The molecule has 1 heterocycles. The number of rotatable bonds is 4. The van der Waals surface area contributed by atoms with E-state index in [0.29, 0.717) is 16.6 Å². The highest BCUT2D eigenvalue weighted by Crippen LogP contribution is 2.22. The third kappa shape index (κ3) is 4.23. The van der Waals surface area contributed by atoms with E-state index < -0.39 is 0 Å². The van der Waals surface area contributed by atoms with Gasteiger partial charge < -0.3 is 5.32 Å². The molecule has 3 nitrogen and oxygen atoms in total. The molecule has 1 aromatic heterocycles. The van der Waals surface area contributed by atoms with Crippen molar-refractivity contribution in [3.05, 3.63) is 63.9 Å². The molecule has 0 atom stereocenters. The molecule has 0 fully saturated rings. The largest absolute Gasteiger partial charge is 0.352 e. The summed E-state index contributed by atoms with van der Waals surface area (Å²) >= 11 is 11.7. The number of benzene rings is 1. The van der Waals surface area contributed by atoms with Crippen LogP contribution in [-0.2, 0) is 17.8 Å². The maximum atomic E-state index is 11.8. The molecular formula is C14H12Cl2N2O. The average Bonchev–Trinajstić information content (AvgIpc) is 2.42. The molecule has 1 N–H and O–H groups in total. The first-order valence-corrected chi connectivity index (χ1v) is 6.50. The molecule has 19 heavy (non-hydrogen) atoms.